The predicted octanol–water partition coefficient (Wildman–Crippen LogP) is 0.234. The van der Waals surface area contributed by atoms with Gasteiger partial charge in [0, 0.05) is 13.0 Å². The van der Waals surface area contributed by atoms with Crippen molar-refractivity contribution < 1.29 is 4.79 Å². The molecule has 0 aliphatic heterocycles. The molecule has 0 saturated carbocycles. The van der Waals surface area contributed by atoms with Crippen LogP contribution in [0.4, 0.5) is 0 Å². The zero-order valence-electron chi connectivity index (χ0n) is 4.68. The Bertz CT molecular complexity index is 137. The molecule has 8 heavy (non-hydrogen) atoms. The molecule has 0 saturated heterocycles. The Kier molecular flexibility index (Phi) is 1.44. The molecule has 0 unspecified atom stereocenters. The Morgan fingerprint density at radius 1 is 1.62 bits per heavy atom. The van der Waals surface area contributed by atoms with Gasteiger partial charge < -0.3 is 5.73 Å². The largest absolute Gasteiger partial charge is 0.327 e. The monoisotopic (exact) mass is 111 g/mol. The van der Waals surface area contributed by atoms with Crippen molar-refractivity contribution in [2.75, 3.05) is 6.54 Å². The van der Waals surface area contributed by atoms with Crippen molar-refractivity contribution in [1.82, 2.24) is 0 Å². The maximum absolute atomic E-state index is 10.5. The van der Waals surface area contributed by atoms with E-state index in [0.29, 0.717) is 13.0 Å². The number of carbonyl (C=O) groups excluding carboxylic acids is 1. The number of hydrogen-bond acceptors (Lipinski definition) is 2. The highest BCUT2D eigenvalue weighted by Crippen LogP contribution is 2.12. The second-order valence-corrected chi connectivity index (χ2v) is 1.97. The van der Waals surface area contributed by atoms with Crippen LogP contribution >= 0.6 is 0 Å². The van der Waals surface area contributed by atoms with E-state index in [2.05, 4.69) is 0 Å². The summed E-state index contributed by atoms with van der Waals surface area (Å²) in [4.78, 5) is 10.5. The lowest BCUT2D eigenvalue weighted by Gasteiger charge is -1.88. The molecule has 0 fully saturated rings. The molecule has 0 bridgehead atoms. The van der Waals surface area contributed by atoms with Crippen LogP contribution in [0, 0.1) is 0 Å². The normalized spacial score (nSPS) is 19.1. The van der Waals surface area contributed by atoms with Crippen LogP contribution in [0.25, 0.3) is 0 Å². The zero-order chi connectivity index (χ0) is 5.98. The second kappa shape index (κ2) is 2.09. The number of hydrogen-bond donors (Lipinski definition) is 1. The molecule has 1 aliphatic rings. The molecule has 2 N–H and O–H groups in total. The maximum Gasteiger partial charge on any atom is 0.156 e. The number of carbonyl (C=O) groups is 1. The lowest BCUT2D eigenvalue weighted by Crippen LogP contribution is -1.99. The average Bonchev–Trinajstić information content (AvgIpc) is 2.14. The van der Waals surface area contributed by atoms with Crippen LogP contribution in [0.15, 0.2) is 11.6 Å². The SMILES string of the molecule is NCC1=CC(=O)CC1. The van der Waals surface area contributed by atoms with Crippen molar-refractivity contribution in [1.29, 1.82) is 0 Å². The van der Waals surface area contributed by atoms with Crippen LogP contribution in [-0.2, 0) is 4.79 Å². The first-order valence-electron chi connectivity index (χ1n) is 2.75. The summed E-state index contributed by atoms with van der Waals surface area (Å²) < 4.78 is 0. The fourth-order valence-corrected chi connectivity index (χ4v) is 0.817. The van der Waals surface area contributed by atoms with Crippen LogP contribution in [0.1, 0.15) is 12.8 Å². The molecule has 0 spiro atoms. The maximum atomic E-state index is 10.5. The molecular formula is C6H9NO. The van der Waals surface area contributed by atoms with E-state index < -0.39 is 0 Å². The quantitative estimate of drug-likeness (QED) is 0.526. The molecule has 0 heterocycles. The summed E-state index contributed by atoms with van der Waals surface area (Å²) in [6.45, 7) is 0.547. The summed E-state index contributed by atoms with van der Waals surface area (Å²) >= 11 is 0. The van der Waals surface area contributed by atoms with Crippen molar-refractivity contribution in [2.24, 2.45) is 5.73 Å². The van der Waals surface area contributed by atoms with Crippen LogP contribution < -0.4 is 5.73 Å². The standard InChI is InChI=1S/C6H9NO/c7-4-5-1-2-6(8)3-5/h3H,1-2,4,7H2. The van der Waals surface area contributed by atoms with Gasteiger partial charge in [0.1, 0.15) is 0 Å². The van der Waals surface area contributed by atoms with Gasteiger partial charge in [-0.1, -0.05) is 5.57 Å². The topological polar surface area (TPSA) is 43.1 Å². The molecule has 2 heteroatoms. The molecule has 0 amide bonds. The van der Waals surface area contributed by atoms with Gasteiger partial charge in [0.05, 0.1) is 0 Å². The van der Waals surface area contributed by atoms with Gasteiger partial charge in [-0.15, -0.1) is 0 Å². The van der Waals surface area contributed by atoms with E-state index in [1.54, 1.807) is 6.08 Å². The van der Waals surface area contributed by atoms with E-state index in [1.807, 2.05) is 0 Å². The van der Waals surface area contributed by atoms with Crippen molar-refractivity contribution in [3.63, 3.8) is 0 Å². The number of rotatable bonds is 1. The number of allylic oxidation sites excluding steroid dienone is 1. The van der Waals surface area contributed by atoms with Crippen LogP contribution in [0.3, 0.4) is 0 Å². The molecule has 0 aromatic heterocycles. The zero-order valence-corrected chi connectivity index (χ0v) is 4.68. The summed E-state index contributed by atoms with van der Waals surface area (Å²) in [6, 6.07) is 0. The fourth-order valence-electron chi connectivity index (χ4n) is 0.817. The van der Waals surface area contributed by atoms with Gasteiger partial charge in [0.25, 0.3) is 0 Å². The van der Waals surface area contributed by atoms with E-state index in [4.69, 9.17) is 5.73 Å². The first-order chi connectivity index (χ1) is 3.83. The molecule has 0 atom stereocenters. The minimum atomic E-state index is 0.227. The van der Waals surface area contributed by atoms with Crippen molar-refractivity contribution in [2.45, 2.75) is 12.8 Å². The van der Waals surface area contributed by atoms with Gasteiger partial charge in [-0.05, 0) is 12.5 Å². The highest BCUT2D eigenvalue weighted by atomic mass is 16.1. The molecule has 0 aromatic carbocycles. The van der Waals surface area contributed by atoms with E-state index in [-0.39, 0.29) is 5.78 Å². The van der Waals surface area contributed by atoms with E-state index in [1.165, 1.54) is 0 Å². The van der Waals surface area contributed by atoms with Crippen LogP contribution in [0.5, 0.6) is 0 Å². The number of ketones is 1. The Morgan fingerprint density at radius 3 is 2.62 bits per heavy atom. The van der Waals surface area contributed by atoms with Gasteiger partial charge in [0.15, 0.2) is 5.78 Å². The summed E-state index contributed by atoms with van der Waals surface area (Å²) in [5, 5.41) is 0. The third-order valence-corrected chi connectivity index (χ3v) is 1.32. The average molecular weight is 111 g/mol. The Labute approximate surface area is 48.4 Å². The fraction of sp³-hybridized carbons (Fsp3) is 0.500. The predicted molar refractivity (Wildman–Crippen MR) is 31.4 cm³/mol. The molecule has 0 aromatic rings. The van der Waals surface area contributed by atoms with Crippen molar-refractivity contribution in [3.8, 4) is 0 Å². The van der Waals surface area contributed by atoms with Gasteiger partial charge in [-0.3, -0.25) is 4.79 Å². The van der Waals surface area contributed by atoms with Crippen LogP contribution in [0.2, 0.25) is 0 Å². The van der Waals surface area contributed by atoms with Gasteiger partial charge in [-0.2, -0.15) is 0 Å². The van der Waals surface area contributed by atoms with E-state index >= 15 is 0 Å². The number of nitrogens with two attached hydrogens (primary N) is 1. The molecule has 0 radical (unpaired) electrons. The van der Waals surface area contributed by atoms with E-state index in [0.717, 1.165) is 12.0 Å². The highest BCUT2D eigenvalue weighted by Gasteiger charge is 2.08. The molecule has 1 rings (SSSR count). The first kappa shape index (κ1) is 5.51. The van der Waals surface area contributed by atoms with Gasteiger partial charge in [0.2, 0.25) is 0 Å². The van der Waals surface area contributed by atoms with Gasteiger partial charge in [-0.25, -0.2) is 0 Å². The third-order valence-electron chi connectivity index (χ3n) is 1.32. The highest BCUT2D eigenvalue weighted by molar-refractivity contribution is 5.92. The summed E-state index contributed by atoms with van der Waals surface area (Å²) in [5.41, 5.74) is 6.37. The van der Waals surface area contributed by atoms with E-state index in [9.17, 15) is 4.79 Å². The summed E-state index contributed by atoms with van der Waals surface area (Å²) in [6.07, 6.45) is 3.21. The second-order valence-electron chi connectivity index (χ2n) is 1.97. The summed E-state index contributed by atoms with van der Waals surface area (Å²) in [5.74, 6) is 0.227. The van der Waals surface area contributed by atoms with Gasteiger partial charge >= 0.3 is 0 Å². The first-order valence-corrected chi connectivity index (χ1v) is 2.75. The van der Waals surface area contributed by atoms with Crippen LogP contribution in [-0.4, -0.2) is 12.3 Å². The smallest absolute Gasteiger partial charge is 0.156 e. The van der Waals surface area contributed by atoms with Crippen molar-refractivity contribution >= 4 is 5.78 Å². The minimum absolute atomic E-state index is 0.227. The molecule has 44 valence electrons. The Balaban J connectivity index is 2.57. The molecular weight excluding hydrogens is 102 g/mol. The lowest BCUT2D eigenvalue weighted by molar-refractivity contribution is -0.114. The summed E-state index contributed by atoms with van der Waals surface area (Å²) in [7, 11) is 0. The van der Waals surface area contributed by atoms with Crippen molar-refractivity contribution in [3.05, 3.63) is 11.6 Å². The Hall–Kier alpha value is -0.630. The molecule has 2 nitrogen and oxygen atoms in total. The molecule has 1 aliphatic carbocycles. The Morgan fingerprint density at radius 2 is 2.38 bits per heavy atom. The lowest BCUT2D eigenvalue weighted by atomic mass is 10.2. The minimum Gasteiger partial charge on any atom is -0.327 e. The third kappa shape index (κ3) is 0.954.